The monoisotopic (exact) mass is 556 g/mol. The van der Waals surface area contributed by atoms with E-state index in [2.05, 4.69) is 5.32 Å². The average Bonchev–Trinajstić information content (AvgIpc) is 3.42. The van der Waals surface area contributed by atoms with E-state index in [1.807, 2.05) is 0 Å². The van der Waals surface area contributed by atoms with Crippen LogP contribution in [0.2, 0.25) is 0 Å². The number of phenolic OH excluding ortho intramolecular Hbond substituents is 1. The van der Waals surface area contributed by atoms with E-state index in [0.29, 0.717) is 11.3 Å². The minimum atomic E-state index is -2.46. The number of rotatable bonds is 4. The Morgan fingerprint density at radius 3 is 2.30 bits per heavy atom. The van der Waals surface area contributed by atoms with Gasteiger partial charge in [0.25, 0.3) is 11.8 Å². The minimum Gasteiger partial charge on any atom is -0.510 e. The van der Waals surface area contributed by atoms with Crippen molar-refractivity contribution in [1.82, 2.24) is 10.2 Å². The lowest BCUT2D eigenvalue weighted by Gasteiger charge is -2.46. The van der Waals surface area contributed by atoms with Crippen molar-refractivity contribution in [2.75, 3.05) is 33.1 Å². The van der Waals surface area contributed by atoms with Crippen LogP contribution in [0.1, 0.15) is 48.7 Å². The van der Waals surface area contributed by atoms with Crippen LogP contribution in [0.5, 0.6) is 5.75 Å². The largest absolute Gasteiger partial charge is 0.510 e. The van der Waals surface area contributed by atoms with E-state index in [9.17, 15) is 34.8 Å². The summed E-state index contributed by atoms with van der Waals surface area (Å²) < 4.78 is 5.67. The highest BCUT2D eigenvalue weighted by molar-refractivity contribution is 6.14. The quantitative estimate of drug-likeness (QED) is 0.288. The topological polar surface area (TPSA) is 189 Å². The van der Waals surface area contributed by atoms with E-state index >= 15 is 0 Å². The number of ether oxygens (including phenoxy) is 1. The zero-order chi connectivity index (χ0) is 29.9. The van der Waals surface area contributed by atoms with Gasteiger partial charge in [-0.1, -0.05) is 0 Å². The van der Waals surface area contributed by atoms with Crippen molar-refractivity contribution >= 4 is 29.0 Å². The zero-order valence-corrected chi connectivity index (χ0v) is 23.6. The Balaban J connectivity index is 1.72. The van der Waals surface area contributed by atoms with E-state index in [4.69, 9.17) is 10.5 Å². The van der Waals surface area contributed by atoms with Crippen LogP contribution in [0, 0.1) is 11.8 Å². The number of epoxide rings is 1. The number of primary amides is 1. The predicted molar refractivity (Wildman–Crippen MR) is 145 cm³/mol. The van der Waals surface area contributed by atoms with Crippen molar-refractivity contribution < 1.29 is 39.5 Å². The molecule has 1 aromatic carbocycles. The summed E-state index contributed by atoms with van der Waals surface area (Å²) in [5.41, 5.74) is 3.28. The Kier molecular flexibility index (Phi) is 5.90. The summed E-state index contributed by atoms with van der Waals surface area (Å²) in [7, 11) is 6.86. The van der Waals surface area contributed by atoms with Gasteiger partial charge in [0, 0.05) is 36.8 Å². The van der Waals surface area contributed by atoms with Crippen LogP contribution in [0.25, 0.3) is 5.76 Å². The van der Waals surface area contributed by atoms with Gasteiger partial charge in [-0.2, -0.15) is 0 Å². The van der Waals surface area contributed by atoms with Crippen molar-refractivity contribution in [3.63, 3.8) is 0 Å². The number of carbonyl (C=O) groups is 3. The highest BCUT2D eigenvalue weighted by Gasteiger charge is 2.86. The highest BCUT2D eigenvalue weighted by atomic mass is 16.8. The number of nitrogens with zero attached hydrogens (tertiary/aromatic N) is 2. The number of benzene rings is 1. The van der Waals surface area contributed by atoms with E-state index in [1.165, 1.54) is 0 Å². The number of fused-ring (bicyclic) bond motifs is 2. The van der Waals surface area contributed by atoms with Gasteiger partial charge in [-0.15, -0.1) is 0 Å². The average molecular weight is 557 g/mol. The summed E-state index contributed by atoms with van der Waals surface area (Å²) in [5.74, 6) is -7.71. The number of amides is 2. The van der Waals surface area contributed by atoms with Gasteiger partial charge in [-0.3, -0.25) is 19.3 Å². The van der Waals surface area contributed by atoms with Crippen LogP contribution in [0.3, 0.4) is 0 Å². The van der Waals surface area contributed by atoms with Crippen molar-refractivity contribution in [3.05, 3.63) is 39.7 Å². The molecule has 12 nitrogen and oxygen atoms in total. The normalized spacial score (nSPS) is 30.8. The van der Waals surface area contributed by atoms with Gasteiger partial charge >= 0.3 is 0 Å². The first-order valence-corrected chi connectivity index (χ1v) is 13.1. The highest BCUT2D eigenvalue weighted by Crippen LogP contribution is 2.67. The fraction of sp³-hybridized carbons (Fsp3) is 0.536. The first kappa shape index (κ1) is 27.9. The third-order valence-electron chi connectivity index (χ3n) is 8.42. The molecule has 5 rings (SSSR count). The summed E-state index contributed by atoms with van der Waals surface area (Å²) in [6.45, 7) is 5.38. The number of nitrogens with two attached hydrogens (primary N) is 1. The number of likely N-dealkylation sites (N-methyl/N-ethyl adjacent to an activating group) is 1. The standard InChI is InChI=1S/C28H36N4O8/c1-26(2,3)30-25(38)13-10-15(31(4)5)12-8-11-9-14-19(32(6)7)22(35)18(24(29)37)28(39)27(14,40-28)23(36)16(11)21(34)17(12)20(13)33/h10-11,14,19,33-35,39H,8-9H2,1-7H3,(H2,29,37)(H,30,38)/t11-,14-,19+,27-,28?/m0/s1. The molecule has 4 aliphatic rings. The molecule has 2 fully saturated rings. The molecule has 0 bridgehead atoms. The summed E-state index contributed by atoms with van der Waals surface area (Å²) in [5, 5.41) is 48.1. The smallest absolute Gasteiger partial charge is 0.255 e. The molecule has 40 heavy (non-hydrogen) atoms. The van der Waals surface area contributed by atoms with Crippen LogP contribution in [0.15, 0.2) is 23.0 Å². The van der Waals surface area contributed by atoms with Crippen molar-refractivity contribution in [1.29, 1.82) is 0 Å². The molecule has 3 aliphatic carbocycles. The Labute approximate surface area is 231 Å². The minimum absolute atomic E-state index is 0.0441. The predicted octanol–water partition coefficient (Wildman–Crippen LogP) is 0.716. The second-order valence-corrected chi connectivity index (χ2v) is 12.6. The second kappa shape index (κ2) is 8.45. The molecule has 0 aromatic heterocycles. The third kappa shape index (κ3) is 3.52. The third-order valence-corrected chi connectivity index (χ3v) is 8.42. The molecular formula is C28H36N4O8. The molecule has 1 unspecified atom stereocenters. The Bertz CT molecular complexity index is 1440. The van der Waals surface area contributed by atoms with Crippen LogP contribution >= 0.6 is 0 Å². The van der Waals surface area contributed by atoms with Gasteiger partial charge in [0.2, 0.25) is 11.6 Å². The molecule has 0 radical (unpaired) electrons. The molecule has 216 valence electrons. The molecule has 12 heteroatoms. The number of anilines is 1. The van der Waals surface area contributed by atoms with Gasteiger partial charge < -0.3 is 41.1 Å². The van der Waals surface area contributed by atoms with E-state index in [-0.39, 0.29) is 29.5 Å². The zero-order valence-electron chi connectivity index (χ0n) is 23.6. The van der Waals surface area contributed by atoms with Crippen LogP contribution < -0.4 is 16.0 Å². The molecule has 1 aromatic rings. The van der Waals surface area contributed by atoms with Gasteiger partial charge in [0.05, 0.1) is 17.2 Å². The molecule has 1 heterocycles. The number of hydrogen-bond donors (Lipinski definition) is 6. The summed E-state index contributed by atoms with van der Waals surface area (Å²) in [6.07, 6.45) is 0.423. The van der Waals surface area contributed by atoms with E-state index < -0.39 is 75.2 Å². The number of hydrogen-bond acceptors (Lipinski definition) is 10. The summed E-state index contributed by atoms with van der Waals surface area (Å²) in [6, 6.07) is 0.684. The molecule has 2 amide bonds. The molecule has 1 saturated heterocycles. The van der Waals surface area contributed by atoms with E-state index in [1.54, 1.807) is 64.8 Å². The number of phenols is 1. The van der Waals surface area contributed by atoms with Gasteiger partial charge in [0.1, 0.15) is 22.8 Å². The summed E-state index contributed by atoms with van der Waals surface area (Å²) in [4.78, 5) is 43.0. The lowest BCUT2D eigenvalue weighted by Crippen LogP contribution is -2.60. The molecule has 1 saturated carbocycles. The molecular weight excluding hydrogens is 520 g/mol. The first-order valence-electron chi connectivity index (χ1n) is 13.1. The van der Waals surface area contributed by atoms with Crippen LogP contribution in [-0.2, 0) is 20.7 Å². The lowest BCUT2D eigenvalue weighted by atomic mass is 9.58. The fourth-order valence-corrected chi connectivity index (χ4v) is 6.88. The lowest BCUT2D eigenvalue weighted by molar-refractivity contribution is -0.127. The summed E-state index contributed by atoms with van der Waals surface area (Å²) >= 11 is 0. The van der Waals surface area contributed by atoms with Gasteiger partial charge in [-0.25, -0.2) is 0 Å². The van der Waals surface area contributed by atoms with Crippen molar-refractivity contribution in [2.24, 2.45) is 17.6 Å². The maximum Gasteiger partial charge on any atom is 0.255 e. The Morgan fingerprint density at radius 1 is 1.15 bits per heavy atom. The number of aromatic hydroxyl groups is 1. The number of aliphatic hydroxyl groups excluding tert-OH is 2. The Morgan fingerprint density at radius 2 is 1.77 bits per heavy atom. The SMILES string of the molecule is CN(C)c1cc(C(=O)NC(C)(C)C)c(O)c2c1C[C@H]1C[C@H]3[C@@H](N(C)C)C(O)=C(C(N)=O)C4(O)O[C@]34C(=O)C1=C2O. The van der Waals surface area contributed by atoms with Crippen molar-refractivity contribution in [2.45, 2.75) is 56.6 Å². The van der Waals surface area contributed by atoms with Crippen LogP contribution in [0.4, 0.5) is 5.69 Å². The molecule has 5 atom stereocenters. The number of Topliss-reactive ketones (excluding diaryl/α,β-unsaturated/α-hetero) is 1. The number of nitrogens with one attached hydrogen (secondary N) is 1. The first-order chi connectivity index (χ1) is 18.4. The van der Waals surface area contributed by atoms with Gasteiger partial charge in [0.15, 0.2) is 5.60 Å². The second-order valence-electron chi connectivity index (χ2n) is 12.6. The molecule has 1 spiro atoms. The number of carbonyl (C=O) groups excluding carboxylic acids is 3. The van der Waals surface area contributed by atoms with E-state index in [0.717, 1.165) is 0 Å². The maximum atomic E-state index is 14.2. The fourth-order valence-electron chi connectivity index (χ4n) is 6.88. The number of aliphatic hydroxyl groups is 3. The molecule has 7 N–H and O–H groups in total. The number of ketones is 1. The maximum absolute atomic E-state index is 14.2. The Hall–Kier alpha value is -3.61. The van der Waals surface area contributed by atoms with Crippen molar-refractivity contribution in [3.8, 4) is 5.75 Å². The van der Waals surface area contributed by atoms with Gasteiger partial charge in [-0.05, 0) is 65.3 Å². The van der Waals surface area contributed by atoms with Crippen LogP contribution in [-0.4, -0.2) is 94.1 Å². The molecule has 1 aliphatic heterocycles.